The van der Waals surface area contributed by atoms with Crippen molar-refractivity contribution in [3.8, 4) is 5.75 Å². The van der Waals surface area contributed by atoms with Gasteiger partial charge in [-0.1, -0.05) is 0 Å². The molecule has 0 aliphatic heterocycles. The Morgan fingerprint density at radius 2 is 1.70 bits per heavy atom. The second-order valence-corrected chi connectivity index (χ2v) is 4.98. The number of nitro groups is 2. The van der Waals surface area contributed by atoms with E-state index in [4.69, 9.17) is 0 Å². The average Bonchev–Trinajstić information content (AvgIpc) is 2.54. The molecule has 0 aliphatic rings. The van der Waals surface area contributed by atoms with E-state index >= 15 is 0 Å². The Bertz CT molecular complexity index is 746. The van der Waals surface area contributed by atoms with Crippen LogP contribution in [0.2, 0.25) is 0 Å². The Balaban J connectivity index is 3.31. The third-order valence-electron chi connectivity index (χ3n) is 3.10. The fourth-order valence-corrected chi connectivity index (χ4v) is 1.97. The molecule has 0 aliphatic carbocycles. The zero-order valence-corrected chi connectivity index (χ0v) is 13.5. The highest BCUT2D eigenvalue weighted by molar-refractivity contribution is 5.87. The van der Waals surface area contributed by atoms with Crippen molar-refractivity contribution in [3.63, 3.8) is 0 Å². The van der Waals surface area contributed by atoms with Gasteiger partial charge < -0.3 is 15.2 Å². The van der Waals surface area contributed by atoms with Gasteiger partial charge in [0.2, 0.25) is 0 Å². The smallest absolute Gasteiger partial charge is 0.471 e. The molecule has 1 aromatic carbocycles. The highest BCUT2D eigenvalue weighted by Crippen LogP contribution is 2.37. The Morgan fingerprint density at radius 3 is 2.07 bits per heavy atom. The molecule has 0 bridgehead atoms. The molecular weight excluding hydrogens is 383 g/mol. The third-order valence-corrected chi connectivity index (χ3v) is 3.10. The third kappa shape index (κ3) is 5.52. The lowest BCUT2D eigenvalue weighted by molar-refractivity contribution is -0.396. The number of hydrogen-bond acceptors (Lipinski definition) is 8. The molecule has 1 rings (SSSR count). The van der Waals surface area contributed by atoms with Gasteiger partial charge in [0.15, 0.2) is 0 Å². The predicted octanol–water partition coefficient (Wildman–Crippen LogP) is 1.36. The first-order valence-corrected chi connectivity index (χ1v) is 7.07. The summed E-state index contributed by atoms with van der Waals surface area (Å²) in [6, 6.07) is -0.661. The molecule has 0 saturated heterocycles. The van der Waals surface area contributed by atoms with Crippen LogP contribution in [0.3, 0.4) is 0 Å². The highest BCUT2D eigenvalue weighted by Gasteiger charge is 2.41. The van der Waals surface area contributed by atoms with Gasteiger partial charge in [-0.25, -0.2) is 4.79 Å². The number of rotatable bonds is 7. The van der Waals surface area contributed by atoms with E-state index < -0.39 is 57.5 Å². The van der Waals surface area contributed by atoms with Crippen LogP contribution in [0.5, 0.6) is 5.75 Å². The van der Waals surface area contributed by atoms with E-state index in [2.05, 4.69) is 4.74 Å². The van der Waals surface area contributed by atoms with E-state index in [1.54, 1.807) is 0 Å². The standard InChI is InChI=1S/C13H12F3N3O8/c1-2-27-11(21)7(17-12(22)13(14,15)16)3-6-4-8(18(23)24)10(20)9(5-6)19(25)26/h4-5,7,20H,2-3H2,1H3,(H,17,22)/t7-/m0/s1. The van der Waals surface area contributed by atoms with Crippen LogP contribution in [0.15, 0.2) is 12.1 Å². The van der Waals surface area contributed by atoms with Crippen molar-refractivity contribution < 1.29 is 42.5 Å². The van der Waals surface area contributed by atoms with Gasteiger partial charge in [0.25, 0.3) is 5.75 Å². The number of carbonyl (C=O) groups is 2. The normalized spacial score (nSPS) is 12.1. The maximum Gasteiger partial charge on any atom is 0.471 e. The monoisotopic (exact) mass is 395 g/mol. The summed E-state index contributed by atoms with van der Waals surface area (Å²) in [5.74, 6) is -5.02. The summed E-state index contributed by atoms with van der Waals surface area (Å²) in [7, 11) is 0. The van der Waals surface area contributed by atoms with Gasteiger partial charge in [-0.05, 0) is 12.5 Å². The van der Waals surface area contributed by atoms with E-state index in [1.807, 2.05) is 0 Å². The first-order chi connectivity index (χ1) is 12.4. The number of ether oxygens (including phenoxy) is 1. The van der Waals surface area contributed by atoms with E-state index in [0.717, 1.165) is 0 Å². The van der Waals surface area contributed by atoms with E-state index in [1.165, 1.54) is 12.2 Å². The molecule has 148 valence electrons. The molecule has 1 amide bonds. The van der Waals surface area contributed by atoms with Crippen molar-refractivity contribution in [3.05, 3.63) is 37.9 Å². The molecule has 1 aromatic rings. The lowest BCUT2D eigenvalue weighted by Crippen LogP contribution is -2.48. The molecule has 0 unspecified atom stereocenters. The van der Waals surface area contributed by atoms with Crippen LogP contribution >= 0.6 is 0 Å². The van der Waals surface area contributed by atoms with E-state index in [9.17, 15) is 48.1 Å². The average molecular weight is 395 g/mol. The maximum atomic E-state index is 12.4. The summed E-state index contributed by atoms with van der Waals surface area (Å²) < 4.78 is 41.8. The van der Waals surface area contributed by atoms with Crippen LogP contribution in [0, 0.1) is 20.2 Å². The minimum Gasteiger partial charge on any atom is -0.497 e. The number of alkyl halides is 3. The van der Waals surface area contributed by atoms with Crippen LogP contribution in [-0.4, -0.2) is 45.7 Å². The van der Waals surface area contributed by atoms with Gasteiger partial charge >= 0.3 is 29.4 Å². The maximum absolute atomic E-state index is 12.4. The van der Waals surface area contributed by atoms with Crippen molar-refractivity contribution >= 4 is 23.3 Å². The number of nitro benzene ring substituents is 2. The molecule has 0 radical (unpaired) electrons. The molecule has 0 fully saturated rings. The van der Waals surface area contributed by atoms with Crippen molar-refractivity contribution in [2.24, 2.45) is 0 Å². The predicted molar refractivity (Wildman–Crippen MR) is 79.7 cm³/mol. The molecule has 27 heavy (non-hydrogen) atoms. The van der Waals surface area contributed by atoms with Gasteiger partial charge in [-0.15, -0.1) is 0 Å². The first kappa shape index (κ1) is 21.6. The van der Waals surface area contributed by atoms with Gasteiger partial charge in [-0.3, -0.25) is 25.0 Å². The first-order valence-electron chi connectivity index (χ1n) is 7.07. The molecule has 11 nitrogen and oxygen atoms in total. The van der Waals surface area contributed by atoms with E-state index in [-0.39, 0.29) is 12.2 Å². The van der Waals surface area contributed by atoms with Crippen LogP contribution in [-0.2, 0) is 20.7 Å². The molecule has 0 saturated carbocycles. The second-order valence-electron chi connectivity index (χ2n) is 4.98. The van der Waals surface area contributed by atoms with Crippen LogP contribution in [0.25, 0.3) is 0 Å². The summed E-state index contributed by atoms with van der Waals surface area (Å²) in [5.41, 5.74) is -2.54. The number of phenolic OH excluding ortho intramolecular Hbond substituents is 1. The summed E-state index contributed by atoms with van der Waals surface area (Å²) in [5, 5.41) is 32.7. The van der Waals surface area contributed by atoms with Crippen LogP contribution < -0.4 is 5.32 Å². The number of benzene rings is 1. The fraction of sp³-hybridized carbons (Fsp3) is 0.385. The SMILES string of the molecule is CCOC(=O)[C@H](Cc1cc([N+](=O)[O-])c(O)c([N+](=O)[O-])c1)NC(=O)C(F)(F)F. The molecule has 0 spiro atoms. The minimum absolute atomic E-state index is 0.243. The molecule has 1 atom stereocenters. The number of phenols is 1. The number of halogens is 3. The number of nitrogens with one attached hydrogen (secondary N) is 1. The number of esters is 1. The lowest BCUT2D eigenvalue weighted by Gasteiger charge is -2.18. The van der Waals surface area contributed by atoms with Gasteiger partial charge in [-0.2, -0.15) is 13.2 Å². The molecule has 14 heteroatoms. The number of aromatic hydroxyl groups is 1. The van der Waals surface area contributed by atoms with E-state index in [0.29, 0.717) is 12.1 Å². The van der Waals surface area contributed by atoms with Crippen molar-refractivity contribution in [2.45, 2.75) is 25.6 Å². The Hall–Kier alpha value is -3.45. The lowest BCUT2D eigenvalue weighted by atomic mass is 10.0. The minimum atomic E-state index is -5.32. The summed E-state index contributed by atoms with van der Waals surface area (Å²) >= 11 is 0. The summed E-state index contributed by atoms with van der Waals surface area (Å²) in [4.78, 5) is 42.4. The number of carbonyl (C=O) groups excluding carboxylic acids is 2. The topological polar surface area (TPSA) is 162 Å². The van der Waals surface area contributed by atoms with Crippen molar-refractivity contribution in [2.75, 3.05) is 6.61 Å². The Kier molecular flexibility index (Phi) is 6.63. The molecule has 0 heterocycles. The quantitative estimate of drug-likeness (QED) is 0.397. The molecular formula is C13H12F3N3O8. The largest absolute Gasteiger partial charge is 0.497 e. The van der Waals surface area contributed by atoms with Crippen molar-refractivity contribution in [1.29, 1.82) is 0 Å². The number of amides is 1. The highest BCUT2D eigenvalue weighted by atomic mass is 19.4. The molecule has 0 aromatic heterocycles. The zero-order chi connectivity index (χ0) is 20.9. The van der Waals surface area contributed by atoms with Crippen LogP contribution in [0.1, 0.15) is 12.5 Å². The number of hydrogen-bond donors (Lipinski definition) is 2. The Labute approximate surface area is 148 Å². The molecule has 2 N–H and O–H groups in total. The van der Waals surface area contributed by atoms with Gasteiger partial charge in [0, 0.05) is 18.6 Å². The van der Waals surface area contributed by atoms with Crippen molar-refractivity contribution in [1.82, 2.24) is 5.32 Å². The second kappa shape index (κ2) is 8.29. The summed E-state index contributed by atoms with van der Waals surface area (Å²) in [6.45, 7) is 1.10. The van der Waals surface area contributed by atoms with Crippen LogP contribution in [0.4, 0.5) is 24.5 Å². The Morgan fingerprint density at radius 1 is 1.22 bits per heavy atom. The number of nitrogens with zero attached hydrogens (tertiary/aromatic N) is 2. The fourth-order valence-electron chi connectivity index (χ4n) is 1.97. The zero-order valence-electron chi connectivity index (χ0n) is 13.5. The van der Waals surface area contributed by atoms with Gasteiger partial charge in [0.05, 0.1) is 16.5 Å². The summed E-state index contributed by atoms with van der Waals surface area (Å²) in [6.07, 6.45) is -6.11. The van der Waals surface area contributed by atoms with Gasteiger partial charge in [0.1, 0.15) is 6.04 Å².